The molecule has 5 nitrogen and oxygen atoms in total. The molecule has 2 aromatic rings. The van der Waals surface area contributed by atoms with Crippen LogP contribution < -0.4 is 14.4 Å². The highest BCUT2D eigenvalue weighted by Crippen LogP contribution is 2.35. The van der Waals surface area contributed by atoms with E-state index in [1.807, 2.05) is 48.6 Å². The van der Waals surface area contributed by atoms with Gasteiger partial charge < -0.3 is 10.5 Å². The van der Waals surface area contributed by atoms with Crippen LogP contribution in [0.1, 0.15) is 43.6 Å². The molecule has 6 heteroatoms. The Balaban J connectivity index is 1.52. The lowest BCUT2D eigenvalue weighted by atomic mass is 9.84. The van der Waals surface area contributed by atoms with Crippen molar-refractivity contribution in [2.24, 2.45) is 5.73 Å². The second-order valence-corrected chi connectivity index (χ2v) is 10.6. The minimum Gasteiger partial charge on any atom is -0.457 e. The third-order valence-electron chi connectivity index (χ3n) is 6.38. The van der Waals surface area contributed by atoms with E-state index in [4.69, 9.17) is 10.5 Å². The van der Waals surface area contributed by atoms with Gasteiger partial charge in [-0.25, -0.2) is 0 Å². The van der Waals surface area contributed by atoms with Gasteiger partial charge in [-0.3, -0.25) is 0 Å². The van der Waals surface area contributed by atoms with E-state index in [1.54, 1.807) is 6.20 Å². The van der Waals surface area contributed by atoms with Gasteiger partial charge in [0.2, 0.25) is 0 Å². The zero-order chi connectivity index (χ0) is 21.9. The number of nitrogens with two attached hydrogens (primary N) is 1. The lowest BCUT2D eigenvalue weighted by molar-refractivity contribution is 0.442. The van der Waals surface area contributed by atoms with Crippen LogP contribution in [0.25, 0.3) is 0 Å². The molecule has 4 rings (SSSR count). The quantitative estimate of drug-likeness (QED) is 0.628. The standard InChI is InChI=1S/C25H31N2O3S/c1-31(28,29)27(17-5-6-20(18-26)19-27)23-11-15-25(16-12-23)30-24-13-9-22(10-14-24)21-7-3-2-4-8-21/h5-6,9-16,19,21H,2-4,7-8,17-18,26H2,1H3/q+1. The molecule has 0 spiro atoms. The van der Waals surface area contributed by atoms with Crippen LogP contribution in [0.3, 0.4) is 0 Å². The summed E-state index contributed by atoms with van der Waals surface area (Å²) in [5, 5.41) is 0. The molecule has 1 aliphatic carbocycles. The number of ether oxygens (including phenoxy) is 1. The Hall–Kier alpha value is -2.41. The second-order valence-electron chi connectivity index (χ2n) is 8.52. The number of rotatable bonds is 6. The van der Waals surface area contributed by atoms with Crippen LogP contribution in [0.5, 0.6) is 11.5 Å². The fourth-order valence-electron chi connectivity index (χ4n) is 4.59. The van der Waals surface area contributed by atoms with Crippen LogP contribution in [-0.4, -0.2) is 27.8 Å². The van der Waals surface area contributed by atoms with Crippen molar-refractivity contribution in [2.45, 2.75) is 38.0 Å². The van der Waals surface area contributed by atoms with E-state index < -0.39 is 10.0 Å². The summed E-state index contributed by atoms with van der Waals surface area (Å²) in [5.74, 6) is 2.13. The Morgan fingerprint density at radius 2 is 1.58 bits per heavy atom. The van der Waals surface area contributed by atoms with E-state index in [9.17, 15) is 8.42 Å². The van der Waals surface area contributed by atoms with Crippen LogP contribution in [0.2, 0.25) is 0 Å². The van der Waals surface area contributed by atoms with E-state index in [0.29, 0.717) is 30.4 Å². The normalized spacial score (nSPS) is 22.2. The Bertz CT molecular complexity index is 1070. The number of benzene rings is 2. The van der Waals surface area contributed by atoms with Gasteiger partial charge in [0.25, 0.3) is 0 Å². The zero-order valence-electron chi connectivity index (χ0n) is 18.0. The van der Waals surface area contributed by atoms with Gasteiger partial charge in [-0.2, -0.15) is 12.3 Å². The minimum atomic E-state index is -3.46. The van der Waals surface area contributed by atoms with E-state index in [-0.39, 0.29) is 3.89 Å². The van der Waals surface area contributed by atoms with Crippen molar-refractivity contribution in [3.8, 4) is 11.5 Å². The summed E-state index contributed by atoms with van der Waals surface area (Å²) in [4.78, 5) is 0. The number of hydrogen-bond acceptors (Lipinski definition) is 4. The van der Waals surface area contributed by atoms with Gasteiger partial charge in [0.15, 0.2) is 5.69 Å². The molecule has 0 aromatic heterocycles. The van der Waals surface area contributed by atoms with Crippen LogP contribution in [-0.2, 0) is 10.0 Å². The molecule has 2 aromatic carbocycles. The van der Waals surface area contributed by atoms with E-state index in [1.165, 1.54) is 43.9 Å². The maximum atomic E-state index is 12.7. The fraction of sp³-hybridized carbons (Fsp3) is 0.360. The van der Waals surface area contributed by atoms with E-state index in [0.717, 1.165) is 11.3 Å². The van der Waals surface area contributed by atoms with Crippen molar-refractivity contribution in [3.05, 3.63) is 78.0 Å². The number of quaternary nitrogens is 1. The molecule has 164 valence electrons. The third kappa shape index (κ3) is 4.61. The van der Waals surface area contributed by atoms with Gasteiger partial charge in [0.1, 0.15) is 24.2 Å². The van der Waals surface area contributed by atoms with Gasteiger partial charge in [-0.05, 0) is 54.7 Å². The van der Waals surface area contributed by atoms with Crippen molar-refractivity contribution in [1.29, 1.82) is 0 Å². The van der Waals surface area contributed by atoms with Gasteiger partial charge in [0, 0.05) is 24.3 Å². The molecule has 1 heterocycles. The molecule has 1 saturated carbocycles. The molecule has 2 N–H and O–H groups in total. The minimum absolute atomic E-state index is 0.271. The summed E-state index contributed by atoms with van der Waals surface area (Å²) in [6.45, 7) is 0.634. The highest BCUT2D eigenvalue weighted by atomic mass is 32.2. The third-order valence-corrected chi connectivity index (χ3v) is 8.03. The lowest BCUT2D eigenvalue weighted by Crippen LogP contribution is -2.50. The van der Waals surface area contributed by atoms with Gasteiger partial charge in [-0.1, -0.05) is 37.5 Å². The average molecular weight is 440 g/mol. The highest BCUT2D eigenvalue weighted by Gasteiger charge is 2.40. The summed E-state index contributed by atoms with van der Waals surface area (Å²) in [6.07, 6.45) is 13.3. The van der Waals surface area contributed by atoms with E-state index >= 15 is 0 Å². The van der Waals surface area contributed by atoms with Crippen molar-refractivity contribution in [3.63, 3.8) is 0 Å². The van der Waals surface area contributed by atoms with Crippen LogP contribution in [0, 0.1) is 0 Å². The largest absolute Gasteiger partial charge is 0.457 e. The predicted octanol–water partition coefficient (Wildman–Crippen LogP) is 5.21. The Morgan fingerprint density at radius 1 is 0.968 bits per heavy atom. The number of nitrogens with zero attached hydrogens (tertiary/aromatic N) is 1. The summed E-state index contributed by atoms with van der Waals surface area (Å²) in [7, 11) is -3.46. The summed E-state index contributed by atoms with van der Waals surface area (Å²) >= 11 is 0. The van der Waals surface area contributed by atoms with Gasteiger partial charge in [-0.15, -0.1) is 0 Å². The molecule has 0 saturated heterocycles. The molecule has 0 bridgehead atoms. The average Bonchev–Trinajstić information content (AvgIpc) is 2.80. The van der Waals surface area contributed by atoms with E-state index in [2.05, 4.69) is 12.1 Å². The maximum Gasteiger partial charge on any atom is 0.303 e. The van der Waals surface area contributed by atoms with Crippen molar-refractivity contribution in [1.82, 2.24) is 3.89 Å². The zero-order valence-corrected chi connectivity index (χ0v) is 18.9. The first-order chi connectivity index (χ1) is 14.9. The van der Waals surface area contributed by atoms with Crippen LogP contribution in [0.15, 0.2) is 72.5 Å². The van der Waals surface area contributed by atoms with Crippen LogP contribution >= 0.6 is 0 Å². The molecule has 1 atom stereocenters. The lowest BCUT2D eigenvalue weighted by Gasteiger charge is -2.33. The first-order valence-electron chi connectivity index (χ1n) is 11.0. The van der Waals surface area contributed by atoms with Crippen molar-refractivity contribution < 1.29 is 13.2 Å². The first kappa shape index (κ1) is 21.8. The Kier molecular flexibility index (Phi) is 6.32. The number of sulfonamides is 1. The molecule has 1 fully saturated rings. The predicted molar refractivity (Wildman–Crippen MR) is 127 cm³/mol. The SMILES string of the molecule is CS(=O)(=O)[N+]1(c2ccc(Oc3ccc(C4CCCCC4)cc3)cc2)C=C(CN)C=CC1. The molecule has 2 aliphatic rings. The molecule has 0 radical (unpaired) electrons. The van der Waals surface area contributed by atoms with Crippen LogP contribution in [0.4, 0.5) is 5.69 Å². The van der Waals surface area contributed by atoms with Gasteiger partial charge >= 0.3 is 10.0 Å². The molecule has 1 unspecified atom stereocenters. The maximum absolute atomic E-state index is 12.7. The van der Waals surface area contributed by atoms with Crippen molar-refractivity contribution >= 4 is 15.7 Å². The van der Waals surface area contributed by atoms with Crippen molar-refractivity contribution in [2.75, 3.05) is 19.3 Å². The summed E-state index contributed by atoms with van der Waals surface area (Å²) in [6, 6.07) is 15.7. The summed E-state index contributed by atoms with van der Waals surface area (Å²) < 4.78 is 31.2. The molecule has 1 aliphatic heterocycles. The first-order valence-corrected chi connectivity index (χ1v) is 12.8. The monoisotopic (exact) mass is 439 g/mol. The summed E-state index contributed by atoms with van der Waals surface area (Å²) in [5.41, 5.74) is 8.63. The fourth-order valence-corrected chi connectivity index (χ4v) is 5.78. The molecular formula is C25H31N2O3S+. The second kappa shape index (κ2) is 8.99. The molecule has 31 heavy (non-hydrogen) atoms. The highest BCUT2D eigenvalue weighted by molar-refractivity contribution is 7.90. The Morgan fingerprint density at radius 3 is 2.16 bits per heavy atom. The topological polar surface area (TPSA) is 69.4 Å². The number of hydrogen-bond donors (Lipinski definition) is 1. The Labute approximate surface area is 185 Å². The smallest absolute Gasteiger partial charge is 0.303 e. The molecular weight excluding hydrogens is 408 g/mol. The van der Waals surface area contributed by atoms with Gasteiger partial charge in [0.05, 0.1) is 6.26 Å². The molecule has 0 amide bonds.